The molecule has 0 aromatic heterocycles. The minimum Gasteiger partial charge on any atom is -0.481 e. The monoisotopic (exact) mass is 300 g/mol. The molecule has 1 saturated heterocycles. The van der Waals surface area contributed by atoms with Gasteiger partial charge in [-0.3, -0.25) is 14.5 Å². The summed E-state index contributed by atoms with van der Waals surface area (Å²) in [6, 6.07) is -0.462. The molecule has 0 aromatic rings. The molecule has 4 unspecified atom stereocenters. The molecule has 2 N–H and O–H groups in total. The van der Waals surface area contributed by atoms with E-state index in [-0.39, 0.29) is 30.6 Å². The summed E-state index contributed by atoms with van der Waals surface area (Å²) in [6.45, 7) is 9.05. The van der Waals surface area contributed by atoms with Gasteiger partial charge in [0.05, 0.1) is 25.2 Å². The van der Waals surface area contributed by atoms with Crippen molar-refractivity contribution in [3.63, 3.8) is 0 Å². The molecule has 0 saturated carbocycles. The topological polar surface area (TPSA) is 78.9 Å². The van der Waals surface area contributed by atoms with Gasteiger partial charge < -0.3 is 15.2 Å². The van der Waals surface area contributed by atoms with E-state index in [1.807, 2.05) is 25.7 Å². The maximum atomic E-state index is 12.3. The summed E-state index contributed by atoms with van der Waals surface area (Å²) in [5.74, 6) is -1.47. The number of carboxylic acid groups (broad SMARTS) is 1. The number of aliphatic carboxylic acids is 1. The number of carbonyl (C=O) groups excluding carboxylic acids is 1. The highest BCUT2D eigenvalue weighted by molar-refractivity contribution is 5.81. The van der Waals surface area contributed by atoms with Gasteiger partial charge in [0.2, 0.25) is 5.91 Å². The van der Waals surface area contributed by atoms with E-state index in [1.165, 1.54) is 0 Å². The fourth-order valence-corrected chi connectivity index (χ4v) is 2.92. The van der Waals surface area contributed by atoms with Crippen molar-refractivity contribution in [2.24, 2.45) is 5.92 Å². The van der Waals surface area contributed by atoms with Crippen molar-refractivity contribution in [3.8, 4) is 0 Å². The Hall–Kier alpha value is -1.14. The van der Waals surface area contributed by atoms with Crippen LogP contribution in [0.4, 0.5) is 0 Å². The lowest BCUT2D eigenvalue weighted by atomic mass is 10.0. The van der Waals surface area contributed by atoms with Crippen LogP contribution in [0.1, 0.15) is 40.5 Å². The molecule has 6 nitrogen and oxygen atoms in total. The molecule has 6 heteroatoms. The van der Waals surface area contributed by atoms with E-state index in [0.717, 1.165) is 12.8 Å². The minimum absolute atomic E-state index is 0.0474. The van der Waals surface area contributed by atoms with E-state index in [0.29, 0.717) is 13.2 Å². The van der Waals surface area contributed by atoms with Gasteiger partial charge in [-0.05, 0) is 26.8 Å². The molecule has 1 amide bonds. The van der Waals surface area contributed by atoms with Crippen molar-refractivity contribution < 1.29 is 19.4 Å². The maximum Gasteiger partial charge on any atom is 0.310 e. The highest BCUT2D eigenvalue weighted by Crippen LogP contribution is 2.22. The molecular weight excluding hydrogens is 272 g/mol. The van der Waals surface area contributed by atoms with Gasteiger partial charge in [-0.15, -0.1) is 0 Å². The van der Waals surface area contributed by atoms with Crippen LogP contribution in [0, 0.1) is 5.92 Å². The Morgan fingerprint density at radius 3 is 2.52 bits per heavy atom. The van der Waals surface area contributed by atoms with E-state index < -0.39 is 11.9 Å². The Kier molecular flexibility index (Phi) is 7.11. The molecule has 1 heterocycles. The number of nitrogens with zero attached hydrogens (tertiary/aromatic N) is 1. The minimum atomic E-state index is -0.858. The van der Waals surface area contributed by atoms with Gasteiger partial charge >= 0.3 is 5.97 Å². The number of carbonyl (C=O) groups is 2. The molecule has 21 heavy (non-hydrogen) atoms. The summed E-state index contributed by atoms with van der Waals surface area (Å²) in [4.78, 5) is 25.5. The van der Waals surface area contributed by atoms with Crippen LogP contribution in [0.2, 0.25) is 0 Å². The van der Waals surface area contributed by atoms with Gasteiger partial charge in [-0.1, -0.05) is 20.3 Å². The SMILES string of the molecule is CCCC(C)NC(=O)C(C)N(CC)C1COCC1C(=O)O. The van der Waals surface area contributed by atoms with E-state index in [2.05, 4.69) is 12.2 Å². The third-order valence-electron chi connectivity index (χ3n) is 4.15. The Bertz CT molecular complexity index is 362. The van der Waals surface area contributed by atoms with Gasteiger partial charge in [0.1, 0.15) is 0 Å². The molecule has 1 aliphatic rings. The number of ether oxygens (including phenoxy) is 1. The fourth-order valence-electron chi connectivity index (χ4n) is 2.92. The first-order valence-corrected chi connectivity index (χ1v) is 7.78. The van der Waals surface area contributed by atoms with Crippen molar-refractivity contribution in [3.05, 3.63) is 0 Å². The second-order valence-electron chi connectivity index (χ2n) is 5.75. The maximum absolute atomic E-state index is 12.3. The van der Waals surface area contributed by atoms with Crippen molar-refractivity contribution >= 4 is 11.9 Å². The number of nitrogens with one attached hydrogen (secondary N) is 1. The molecule has 1 rings (SSSR count). The number of hydrogen-bond donors (Lipinski definition) is 2. The third-order valence-corrected chi connectivity index (χ3v) is 4.15. The normalized spacial score (nSPS) is 24.8. The molecule has 0 radical (unpaired) electrons. The predicted molar refractivity (Wildman–Crippen MR) is 80.1 cm³/mol. The number of rotatable bonds is 8. The first kappa shape index (κ1) is 17.9. The summed E-state index contributed by atoms with van der Waals surface area (Å²) in [7, 11) is 0. The third kappa shape index (κ3) is 4.68. The van der Waals surface area contributed by atoms with Crippen LogP contribution >= 0.6 is 0 Å². The van der Waals surface area contributed by atoms with Crippen LogP contribution in [0.3, 0.4) is 0 Å². The van der Waals surface area contributed by atoms with E-state index in [4.69, 9.17) is 4.74 Å². The van der Waals surface area contributed by atoms with Gasteiger partial charge in [-0.25, -0.2) is 0 Å². The highest BCUT2D eigenvalue weighted by Gasteiger charge is 2.40. The molecule has 1 fully saturated rings. The van der Waals surface area contributed by atoms with Gasteiger partial charge in [-0.2, -0.15) is 0 Å². The Morgan fingerprint density at radius 2 is 2.00 bits per heavy atom. The summed E-state index contributed by atoms with van der Waals surface area (Å²) in [5.41, 5.74) is 0. The molecule has 0 aromatic carbocycles. The zero-order valence-corrected chi connectivity index (χ0v) is 13.5. The van der Waals surface area contributed by atoms with Crippen molar-refractivity contribution in [2.75, 3.05) is 19.8 Å². The standard InChI is InChI=1S/C15H28N2O4/c1-5-7-10(3)16-14(18)11(4)17(6-2)13-9-21-8-12(13)15(19)20/h10-13H,5-9H2,1-4H3,(H,16,18)(H,19,20). The molecule has 122 valence electrons. The van der Waals surface area contributed by atoms with Crippen molar-refractivity contribution in [1.29, 1.82) is 0 Å². The van der Waals surface area contributed by atoms with Crippen LogP contribution in [-0.2, 0) is 14.3 Å². The zero-order chi connectivity index (χ0) is 16.0. The predicted octanol–water partition coefficient (Wildman–Crippen LogP) is 1.10. The molecule has 4 atom stereocenters. The fraction of sp³-hybridized carbons (Fsp3) is 0.867. The van der Waals surface area contributed by atoms with E-state index >= 15 is 0 Å². The summed E-state index contributed by atoms with van der Waals surface area (Å²) < 4.78 is 5.31. The molecular formula is C15H28N2O4. The molecule has 0 aliphatic carbocycles. The average Bonchev–Trinajstić information content (AvgIpc) is 2.89. The number of likely N-dealkylation sites (N-methyl/N-ethyl adjacent to an activating group) is 1. The van der Waals surface area contributed by atoms with E-state index in [9.17, 15) is 14.7 Å². The molecule has 0 spiro atoms. The van der Waals surface area contributed by atoms with Crippen LogP contribution in [0.25, 0.3) is 0 Å². The highest BCUT2D eigenvalue weighted by atomic mass is 16.5. The largest absolute Gasteiger partial charge is 0.481 e. The lowest BCUT2D eigenvalue weighted by molar-refractivity contribution is -0.144. The van der Waals surface area contributed by atoms with E-state index in [1.54, 1.807) is 0 Å². The van der Waals surface area contributed by atoms with Gasteiger partial charge in [0.25, 0.3) is 0 Å². The van der Waals surface area contributed by atoms with Crippen LogP contribution in [0.15, 0.2) is 0 Å². The summed E-state index contributed by atoms with van der Waals surface area (Å²) in [5, 5.41) is 12.3. The summed E-state index contributed by atoms with van der Waals surface area (Å²) >= 11 is 0. The van der Waals surface area contributed by atoms with Crippen LogP contribution in [-0.4, -0.2) is 59.8 Å². The zero-order valence-electron chi connectivity index (χ0n) is 13.5. The van der Waals surface area contributed by atoms with Crippen molar-refractivity contribution in [1.82, 2.24) is 10.2 Å². The quantitative estimate of drug-likeness (QED) is 0.702. The van der Waals surface area contributed by atoms with Crippen LogP contribution < -0.4 is 5.32 Å². The number of carboxylic acids is 1. The van der Waals surface area contributed by atoms with Crippen molar-refractivity contribution in [2.45, 2.75) is 58.7 Å². The lowest BCUT2D eigenvalue weighted by Gasteiger charge is -2.34. The van der Waals surface area contributed by atoms with Gasteiger partial charge in [0.15, 0.2) is 0 Å². The second kappa shape index (κ2) is 8.34. The average molecular weight is 300 g/mol. The van der Waals surface area contributed by atoms with Gasteiger partial charge in [0, 0.05) is 12.1 Å². The first-order chi connectivity index (χ1) is 9.92. The summed E-state index contributed by atoms with van der Waals surface area (Å²) in [6.07, 6.45) is 1.96. The Labute approximate surface area is 126 Å². The Balaban J connectivity index is 2.70. The Morgan fingerprint density at radius 1 is 1.33 bits per heavy atom. The molecule has 1 aliphatic heterocycles. The number of hydrogen-bond acceptors (Lipinski definition) is 4. The first-order valence-electron chi connectivity index (χ1n) is 7.78. The lowest BCUT2D eigenvalue weighted by Crippen LogP contribution is -2.54. The smallest absolute Gasteiger partial charge is 0.310 e. The second-order valence-corrected chi connectivity index (χ2v) is 5.75. The number of amides is 1. The van der Waals surface area contributed by atoms with Crippen LogP contribution in [0.5, 0.6) is 0 Å². The molecule has 0 bridgehead atoms.